The summed E-state index contributed by atoms with van der Waals surface area (Å²) in [6.45, 7) is 4.13. The second-order valence-corrected chi connectivity index (χ2v) is 8.41. The number of para-hydroxylation sites is 1. The fourth-order valence-electron chi connectivity index (χ4n) is 5.39. The normalized spacial score (nSPS) is 30.8. The van der Waals surface area contributed by atoms with Gasteiger partial charge < -0.3 is 4.74 Å². The van der Waals surface area contributed by atoms with Crippen LogP contribution in [0.1, 0.15) is 25.5 Å². The van der Waals surface area contributed by atoms with Gasteiger partial charge in [0.25, 0.3) is 0 Å². The van der Waals surface area contributed by atoms with E-state index >= 15 is 0 Å². The van der Waals surface area contributed by atoms with Crippen molar-refractivity contribution in [3.8, 4) is 0 Å². The Morgan fingerprint density at radius 2 is 1.52 bits per heavy atom. The van der Waals surface area contributed by atoms with Crippen LogP contribution in [0.15, 0.2) is 60.7 Å². The van der Waals surface area contributed by atoms with Gasteiger partial charge in [0.2, 0.25) is 11.8 Å². The molecule has 6 nitrogen and oxygen atoms in total. The number of ether oxygens (including phenoxy) is 1. The molecule has 0 saturated carbocycles. The fourth-order valence-corrected chi connectivity index (χ4v) is 5.39. The van der Waals surface area contributed by atoms with Gasteiger partial charge in [0.1, 0.15) is 12.6 Å². The maximum atomic E-state index is 13.4. The average Bonchev–Trinajstić information content (AvgIpc) is 3.14. The summed E-state index contributed by atoms with van der Waals surface area (Å²) in [5.41, 5.74) is 0.881. The van der Waals surface area contributed by atoms with Gasteiger partial charge in [-0.15, -0.1) is 0 Å². The lowest BCUT2D eigenvalue weighted by Crippen LogP contribution is -2.57. The molecule has 3 aliphatic rings. The SMILES string of the molecule is CC1(C)[C@H]2C(=O)N(c3ccccc3)C(=O)[C@H]2[C@H]2C(=O)OC[C@H](c3ccccc3)N21. The Hall–Kier alpha value is -2.99. The molecule has 29 heavy (non-hydrogen) atoms. The quantitative estimate of drug-likeness (QED) is 0.582. The molecule has 3 fully saturated rings. The number of carbonyl (C=O) groups is 3. The predicted octanol–water partition coefficient (Wildman–Crippen LogP) is 2.55. The van der Waals surface area contributed by atoms with E-state index < -0.39 is 29.4 Å². The van der Waals surface area contributed by atoms with Crippen LogP contribution in [0.5, 0.6) is 0 Å². The summed E-state index contributed by atoms with van der Waals surface area (Å²) in [6.07, 6.45) is 0. The summed E-state index contributed by atoms with van der Waals surface area (Å²) < 4.78 is 5.52. The van der Waals surface area contributed by atoms with Crippen molar-refractivity contribution in [2.45, 2.75) is 31.5 Å². The van der Waals surface area contributed by atoms with Crippen molar-refractivity contribution in [3.05, 3.63) is 66.2 Å². The lowest BCUT2D eigenvalue weighted by molar-refractivity contribution is -0.167. The molecule has 0 aromatic heterocycles. The summed E-state index contributed by atoms with van der Waals surface area (Å²) in [5.74, 6) is -2.33. The first kappa shape index (κ1) is 18.1. The van der Waals surface area contributed by atoms with Crippen LogP contribution in [-0.2, 0) is 19.1 Å². The molecular formula is C23H22N2O4. The summed E-state index contributed by atoms with van der Waals surface area (Å²) in [4.78, 5) is 43.0. The highest BCUT2D eigenvalue weighted by Gasteiger charge is 2.70. The molecule has 2 aromatic rings. The molecule has 0 radical (unpaired) electrons. The molecule has 0 N–H and O–H groups in total. The number of benzene rings is 2. The number of esters is 1. The molecule has 3 saturated heterocycles. The first-order chi connectivity index (χ1) is 13.9. The first-order valence-electron chi connectivity index (χ1n) is 9.86. The molecule has 0 bridgehead atoms. The van der Waals surface area contributed by atoms with Gasteiger partial charge >= 0.3 is 5.97 Å². The Morgan fingerprint density at radius 3 is 2.17 bits per heavy atom. The maximum absolute atomic E-state index is 13.4. The van der Waals surface area contributed by atoms with Gasteiger partial charge in [0.15, 0.2) is 0 Å². The van der Waals surface area contributed by atoms with Crippen LogP contribution in [-0.4, -0.2) is 40.9 Å². The van der Waals surface area contributed by atoms with Crippen LogP contribution in [0.2, 0.25) is 0 Å². The highest BCUT2D eigenvalue weighted by atomic mass is 16.5. The Bertz CT molecular complexity index is 988. The van der Waals surface area contributed by atoms with Crippen LogP contribution >= 0.6 is 0 Å². The third-order valence-electron chi connectivity index (χ3n) is 6.58. The van der Waals surface area contributed by atoms with Crippen molar-refractivity contribution in [2.75, 3.05) is 11.5 Å². The molecule has 3 heterocycles. The first-order valence-corrected chi connectivity index (χ1v) is 9.86. The minimum Gasteiger partial charge on any atom is -0.462 e. The number of hydrogen-bond donors (Lipinski definition) is 0. The number of hydrogen-bond acceptors (Lipinski definition) is 5. The number of morpholine rings is 1. The molecule has 6 heteroatoms. The number of anilines is 1. The molecule has 0 spiro atoms. The van der Waals surface area contributed by atoms with E-state index in [1.54, 1.807) is 24.3 Å². The van der Waals surface area contributed by atoms with E-state index in [0.29, 0.717) is 5.69 Å². The maximum Gasteiger partial charge on any atom is 0.324 e. The zero-order chi connectivity index (χ0) is 20.3. The predicted molar refractivity (Wildman–Crippen MR) is 106 cm³/mol. The standard InChI is InChI=1S/C23H22N2O4/c1-23(2)18-17(20(26)24(21(18)27)15-11-7-4-8-12-15)19-22(28)29-13-16(25(19)23)14-9-5-3-6-10-14/h3-12,16-19H,13H2,1-2H3/t16-,17-,18-,19+/m1/s1. The highest BCUT2D eigenvalue weighted by Crippen LogP contribution is 2.54. The van der Waals surface area contributed by atoms with Crippen LogP contribution < -0.4 is 4.90 Å². The summed E-state index contributed by atoms with van der Waals surface area (Å²) in [7, 11) is 0. The Kier molecular flexibility index (Phi) is 3.90. The average molecular weight is 390 g/mol. The number of cyclic esters (lactones) is 1. The van der Waals surface area contributed by atoms with Gasteiger partial charge in [-0.3, -0.25) is 19.3 Å². The lowest BCUT2D eigenvalue weighted by Gasteiger charge is -2.45. The Balaban J connectivity index is 1.60. The number of amides is 2. The van der Waals surface area contributed by atoms with Crippen LogP contribution in [0, 0.1) is 11.8 Å². The van der Waals surface area contributed by atoms with Crippen molar-refractivity contribution < 1.29 is 19.1 Å². The third kappa shape index (κ3) is 2.42. The zero-order valence-corrected chi connectivity index (χ0v) is 16.3. The van der Waals surface area contributed by atoms with E-state index in [4.69, 9.17) is 4.74 Å². The summed E-state index contributed by atoms with van der Waals surface area (Å²) >= 11 is 0. The van der Waals surface area contributed by atoms with E-state index in [9.17, 15) is 14.4 Å². The molecule has 2 aromatic carbocycles. The molecule has 4 atom stereocenters. The number of imide groups is 1. The molecule has 2 amide bonds. The van der Waals surface area contributed by atoms with Crippen LogP contribution in [0.4, 0.5) is 5.69 Å². The van der Waals surface area contributed by atoms with Gasteiger partial charge in [0.05, 0.1) is 23.6 Å². The van der Waals surface area contributed by atoms with Gasteiger partial charge in [-0.05, 0) is 31.5 Å². The number of carbonyl (C=O) groups excluding carboxylic acids is 3. The van der Waals surface area contributed by atoms with Crippen molar-refractivity contribution in [1.82, 2.24) is 4.90 Å². The van der Waals surface area contributed by atoms with E-state index in [-0.39, 0.29) is 24.5 Å². The van der Waals surface area contributed by atoms with E-state index in [1.807, 2.05) is 55.1 Å². The number of nitrogens with zero attached hydrogens (tertiary/aromatic N) is 2. The monoisotopic (exact) mass is 390 g/mol. The molecule has 0 aliphatic carbocycles. The molecule has 148 valence electrons. The van der Waals surface area contributed by atoms with Crippen LogP contribution in [0.3, 0.4) is 0 Å². The Labute approximate surface area is 169 Å². The third-order valence-corrected chi connectivity index (χ3v) is 6.58. The van der Waals surface area contributed by atoms with E-state index in [2.05, 4.69) is 0 Å². The molecule has 3 aliphatic heterocycles. The smallest absolute Gasteiger partial charge is 0.324 e. The second kappa shape index (κ2) is 6.26. The van der Waals surface area contributed by atoms with E-state index in [1.165, 1.54) is 4.90 Å². The minimum absolute atomic E-state index is 0.190. The summed E-state index contributed by atoms with van der Waals surface area (Å²) in [5, 5.41) is 0. The lowest BCUT2D eigenvalue weighted by atomic mass is 9.82. The van der Waals surface area contributed by atoms with Crippen molar-refractivity contribution in [3.63, 3.8) is 0 Å². The van der Waals surface area contributed by atoms with Crippen molar-refractivity contribution >= 4 is 23.5 Å². The zero-order valence-electron chi connectivity index (χ0n) is 16.3. The minimum atomic E-state index is -0.765. The van der Waals surface area contributed by atoms with Gasteiger partial charge in [-0.1, -0.05) is 48.5 Å². The molecule has 5 rings (SSSR count). The van der Waals surface area contributed by atoms with Gasteiger partial charge in [-0.25, -0.2) is 4.90 Å². The van der Waals surface area contributed by atoms with Crippen molar-refractivity contribution in [2.24, 2.45) is 11.8 Å². The Morgan fingerprint density at radius 1 is 0.897 bits per heavy atom. The van der Waals surface area contributed by atoms with Gasteiger partial charge in [0, 0.05) is 5.54 Å². The molecular weight excluding hydrogens is 368 g/mol. The second-order valence-electron chi connectivity index (χ2n) is 8.41. The largest absolute Gasteiger partial charge is 0.462 e. The molecule has 0 unspecified atom stereocenters. The summed E-state index contributed by atoms with van der Waals surface area (Å²) in [6, 6.07) is 17.8. The van der Waals surface area contributed by atoms with Crippen molar-refractivity contribution in [1.29, 1.82) is 0 Å². The van der Waals surface area contributed by atoms with Gasteiger partial charge in [-0.2, -0.15) is 0 Å². The topological polar surface area (TPSA) is 66.9 Å². The van der Waals surface area contributed by atoms with Crippen LogP contribution in [0.25, 0.3) is 0 Å². The number of rotatable bonds is 2. The number of fused-ring (bicyclic) bond motifs is 3. The van der Waals surface area contributed by atoms with E-state index in [0.717, 1.165) is 5.56 Å². The highest BCUT2D eigenvalue weighted by molar-refractivity contribution is 6.24. The fraction of sp³-hybridized carbons (Fsp3) is 0.348.